The van der Waals surface area contributed by atoms with Gasteiger partial charge in [0.05, 0.1) is 13.2 Å². The molecule has 2 aromatic carbocycles. The minimum atomic E-state index is -0.397. The van der Waals surface area contributed by atoms with Crippen molar-refractivity contribution < 1.29 is 18.7 Å². The molecule has 0 bridgehead atoms. The number of carbonyl (C=O) groups is 1. The number of amides is 1. The predicted molar refractivity (Wildman–Crippen MR) is 90.6 cm³/mol. The summed E-state index contributed by atoms with van der Waals surface area (Å²) < 4.78 is 23.6. The monoisotopic (exact) mass is 331 g/mol. The quantitative estimate of drug-likeness (QED) is 0.841. The highest BCUT2D eigenvalue weighted by Gasteiger charge is 2.18. The lowest BCUT2D eigenvalue weighted by Gasteiger charge is -2.23. The van der Waals surface area contributed by atoms with E-state index in [0.717, 1.165) is 11.3 Å². The summed E-state index contributed by atoms with van der Waals surface area (Å²) in [4.78, 5) is 12.2. The number of ether oxygens (including phenoxy) is 2. The molecule has 0 fully saturated rings. The van der Waals surface area contributed by atoms with Crippen LogP contribution in [0.25, 0.3) is 0 Å². The molecular formula is C19H22FNO3. The molecule has 0 saturated carbocycles. The van der Waals surface area contributed by atoms with Crippen LogP contribution in [0.2, 0.25) is 0 Å². The number of carbonyl (C=O) groups excluding carboxylic acids is 1. The van der Waals surface area contributed by atoms with Gasteiger partial charge < -0.3 is 14.8 Å². The minimum absolute atomic E-state index is 0.139. The summed E-state index contributed by atoms with van der Waals surface area (Å²) in [7, 11) is 1.61. The lowest BCUT2D eigenvalue weighted by Crippen LogP contribution is -2.35. The van der Waals surface area contributed by atoms with Crippen LogP contribution in [-0.2, 0) is 4.79 Å². The summed E-state index contributed by atoms with van der Waals surface area (Å²) in [5.74, 6) is 0.647. The molecule has 0 aliphatic carbocycles. The highest BCUT2D eigenvalue weighted by atomic mass is 19.1. The van der Waals surface area contributed by atoms with Crippen molar-refractivity contribution in [1.82, 2.24) is 5.32 Å². The molecule has 0 aromatic heterocycles. The van der Waals surface area contributed by atoms with E-state index in [1.807, 2.05) is 38.1 Å². The zero-order chi connectivity index (χ0) is 17.5. The Labute approximate surface area is 141 Å². The smallest absolute Gasteiger partial charge is 0.258 e. The van der Waals surface area contributed by atoms with E-state index in [4.69, 9.17) is 9.47 Å². The summed E-state index contributed by atoms with van der Waals surface area (Å²) >= 11 is 0. The van der Waals surface area contributed by atoms with E-state index < -0.39 is 5.82 Å². The van der Waals surface area contributed by atoms with Gasteiger partial charge in [-0.1, -0.05) is 32.0 Å². The van der Waals surface area contributed by atoms with E-state index in [9.17, 15) is 9.18 Å². The van der Waals surface area contributed by atoms with Crippen LogP contribution in [0.3, 0.4) is 0 Å². The van der Waals surface area contributed by atoms with Crippen LogP contribution in [0.4, 0.5) is 4.39 Å². The molecule has 1 amide bonds. The third kappa shape index (κ3) is 4.98. The van der Waals surface area contributed by atoms with Crippen LogP contribution in [0.15, 0.2) is 48.5 Å². The maximum absolute atomic E-state index is 13.1. The van der Waals surface area contributed by atoms with Gasteiger partial charge in [-0.2, -0.15) is 0 Å². The lowest BCUT2D eigenvalue weighted by atomic mass is 9.96. The molecular weight excluding hydrogens is 309 g/mol. The molecule has 1 atom stereocenters. The fraction of sp³-hybridized carbons (Fsp3) is 0.316. The van der Waals surface area contributed by atoms with Crippen molar-refractivity contribution in [3.05, 3.63) is 59.9 Å². The Morgan fingerprint density at radius 3 is 2.42 bits per heavy atom. The molecule has 2 rings (SSSR count). The minimum Gasteiger partial charge on any atom is -0.497 e. The summed E-state index contributed by atoms with van der Waals surface area (Å²) in [5.41, 5.74) is 0.991. The van der Waals surface area contributed by atoms with Gasteiger partial charge in [-0.05, 0) is 35.7 Å². The molecule has 0 aliphatic rings. The molecule has 2 aromatic rings. The first-order valence-corrected chi connectivity index (χ1v) is 7.81. The van der Waals surface area contributed by atoms with Crippen LogP contribution >= 0.6 is 0 Å². The highest BCUT2D eigenvalue weighted by molar-refractivity contribution is 5.78. The molecule has 24 heavy (non-hydrogen) atoms. The number of benzene rings is 2. The number of rotatable bonds is 7. The number of halogens is 1. The van der Waals surface area contributed by atoms with Crippen molar-refractivity contribution >= 4 is 5.91 Å². The first-order chi connectivity index (χ1) is 11.5. The van der Waals surface area contributed by atoms with Crippen molar-refractivity contribution in [2.45, 2.75) is 19.9 Å². The average Bonchev–Trinajstić information content (AvgIpc) is 2.58. The Bertz CT molecular complexity index is 671. The van der Waals surface area contributed by atoms with Crippen LogP contribution in [0.5, 0.6) is 11.5 Å². The Morgan fingerprint density at radius 2 is 1.83 bits per heavy atom. The van der Waals surface area contributed by atoms with Gasteiger partial charge in [0.15, 0.2) is 6.61 Å². The molecule has 128 valence electrons. The Hall–Kier alpha value is -2.56. The van der Waals surface area contributed by atoms with Gasteiger partial charge in [0, 0.05) is 6.07 Å². The predicted octanol–water partition coefficient (Wildman–Crippen LogP) is 3.73. The van der Waals surface area contributed by atoms with Crippen molar-refractivity contribution in [1.29, 1.82) is 0 Å². The summed E-state index contributed by atoms with van der Waals surface area (Å²) in [5, 5.41) is 2.96. The normalized spacial score (nSPS) is 11.9. The number of hydrogen-bond acceptors (Lipinski definition) is 3. The van der Waals surface area contributed by atoms with Gasteiger partial charge in [0.25, 0.3) is 5.91 Å². The third-order valence-corrected chi connectivity index (χ3v) is 3.62. The van der Waals surface area contributed by atoms with E-state index in [1.54, 1.807) is 13.2 Å². The van der Waals surface area contributed by atoms with E-state index in [2.05, 4.69) is 5.32 Å². The van der Waals surface area contributed by atoms with Gasteiger partial charge in [-0.15, -0.1) is 0 Å². The van der Waals surface area contributed by atoms with Crippen molar-refractivity contribution in [3.8, 4) is 11.5 Å². The molecule has 0 spiro atoms. The topological polar surface area (TPSA) is 47.6 Å². The molecule has 5 heteroatoms. The van der Waals surface area contributed by atoms with Gasteiger partial charge >= 0.3 is 0 Å². The zero-order valence-electron chi connectivity index (χ0n) is 14.1. The molecule has 0 saturated heterocycles. The Morgan fingerprint density at radius 1 is 1.12 bits per heavy atom. The van der Waals surface area contributed by atoms with E-state index in [1.165, 1.54) is 18.2 Å². The number of methoxy groups -OCH3 is 1. The summed E-state index contributed by atoms with van der Waals surface area (Å²) in [6.07, 6.45) is 0. The maximum Gasteiger partial charge on any atom is 0.258 e. The SMILES string of the molecule is COc1ccc([C@H](NC(=O)COc2cccc(F)c2)C(C)C)cc1. The van der Waals surface area contributed by atoms with Gasteiger partial charge in [-0.3, -0.25) is 4.79 Å². The lowest BCUT2D eigenvalue weighted by molar-refractivity contribution is -0.124. The van der Waals surface area contributed by atoms with Crippen LogP contribution in [-0.4, -0.2) is 19.6 Å². The summed E-state index contributed by atoms with van der Waals surface area (Å²) in [6, 6.07) is 13.2. The first-order valence-electron chi connectivity index (χ1n) is 7.81. The first kappa shape index (κ1) is 17.8. The maximum atomic E-state index is 13.1. The van der Waals surface area contributed by atoms with Gasteiger partial charge in [0.1, 0.15) is 17.3 Å². The van der Waals surface area contributed by atoms with E-state index in [-0.39, 0.29) is 24.5 Å². The highest BCUT2D eigenvalue weighted by Crippen LogP contribution is 2.24. The number of nitrogens with one attached hydrogen (secondary N) is 1. The third-order valence-electron chi connectivity index (χ3n) is 3.62. The van der Waals surface area contributed by atoms with Crippen molar-refractivity contribution in [3.63, 3.8) is 0 Å². The van der Waals surface area contributed by atoms with Crippen molar-refractivity contribution in [2.24, 2.45) is 5.92 Å². The second kappa shape index (κ2) is 8.34. The molecule has 0 aliphatic heterocycles. The molecule has 1 N–H and O–H groups in total. The average molecular weight is 331 g/mol. The molecule has 0 heterocycles. The Kier molecular flexibility index (Phi) is 6.18. The molecule has 0 radical (unpaired) electrons. The van der Waals surface area contributed by atoms with Gasteiger partial charge in [-0.25, -0.2) is 4.39 Å². The largest absolute Gasteiger partial charge is 0.497 e. The van der Waals surface area contributed by atoms with Crippen LogP contribution in [0, 0.1) is 11.7 Å². The number of hydrogen-bond donors (Lipinski definition) is 1. The second-order valence-electron chi connectivity index (χ2n) is 5.81. The zero-order valence-corrected chi connectivity index (χ0v) is 14.1. The van der Waals surface area contributed by atoms with E-state index >= 15 is 0 Å². The van der Waals surface area contributed by atoms with E-state index in [0.29, 0.717) is 5.75 Å². The van der Waals surface area contributed by atoms with Crippen LogP contribution < -0.4 is 14.8 Å². The Balaban J connectivity index is 1.97. The standard InChI is InChI=1S/C19H22FNO3/c1-13(2)19(14-7-9-16(23-3)10-8-14)21-18(22)12-24-17-6-4-5-15(20)11-17/h4-11,13,19H,12H2,1-3H3,(H,21,22)/t19-/m1/s1. The van der Waals surface area contributed by atoms with Gasteiger partial charge in [0.2, 0.25) is 0 Å². The fourth-order valence-electron chi connectivity index (χ4n) is 2.37. The molecule has 0 unspecified atom stereocenters. The summed E-state index contributed by atoms with van der Waals surface area (Å²) in [6.45, 7) is 3.90. The second-order valence-corrected chi connectivity index (χ2v) is 5.81. The molecule has 4 nitrogen and oxygen atoms in total. The van der Waals surface area contributed by atoms with Crippen LogP contribution in [0.1, 0.15) is 25.5 Å². The van der Waals surface area contributed by atoms with Crippen molar-refractivity contribution in [2.75, 3.05) is 13.7 Å². The fourth-order valence-corrected chi connectivity index (χ4v) is 2.37.